The van der Waals surface area contributed by atoms with Crippen LogP contribution < -0.4 is 0 Å². The van der Waals surface area contributed by atoms with E-state index in [1.54, 1.807) is 0 Å². The van der Waals surface area contributed by atoms with Crippen LogP contribution in [0.15, 0.2) is 0 Å². The molecule has 1 amide bonds. The number of hydrogen-bond acceptors (Lipinski definition) is 3. The van der Waals surface area contributed by atoms with E-state index in [1.807, 2.05) is 0 Å². The summed E-state index contributed by atoms with van der Waals surface area (Å²) in [5.41, 5.74) is 0. The molecule has 0 aromatic rings. The van der Waals surface area contributed by atoms with Gasteiger partial charge in [0.1, 0.15) is 0 Å². The molecule has 2 N–H and O–H groups in total. The number of carbonyl (C=O) groups is 2. The largest absolute Gasteiger partial charge is 0.480 e. The number of carboxylic acid groups (broad SMARTS) is 1. The second-order valence-electron chi connectivity index (χ2n) is 3.97. The summed E-state index contributed by atoms with van der Waals surface area (Å²) in [6.45, 7) is 1.04. The highest BCUT2D eigenvalue weighted by molar-refractivity contribution is 5.88. The quantitative estimate of drug-likeness (QED) is 0.761. The predicted octanol–water partition coefficient (Wildman–Crippen LogP) is 0.374. The first-order chi connectivity index (χ1) is 7.66. The van der Waals surface area contributed by atoms with Gasteiger partial charge in [0.05, 0.1) is 6.10 Å². The maximum atomic E-state index is 12.3. The van der Waals surface area contributed by atoms with E-state index in [0.29, 0.717) is 12.8 Å². The van der Waals surface area contributed by atoms with Gasteiger partial charge < -0.3 is 15.1 Å². The lowest BCUT2D eigenvalue weighted by molar-refractivity contribution is -0.193. The summed E-state index contributed by atoms with van der Waals surface area (Å²) >= 11 is 0. The predicted molar refractivity (Wildman–Crippen MR) is 49.0 cm³/mol. The fourth-order valence-electron chi connectivity index (χ4n) is 1.58. The van der Waals surface area contributed by atoms with Crippen molar-refractivity contribution in [2.45, 2.75) is 44.1 Å². The van der Waals surface area contributed by atoms with Gasteiger partial charge in [0, 0.05) is 6.04 Å². The number of nitrogens with zero attached hydrogens (tertiary/aromatic N) is 1. The van der Waals surface area contributed by atoms with Crippen molar-refractivity contribution < 1.29 is 33.0 Å². The number of carbonyl (C=O) groups excluding carboxylic acids is 1. The van der Waals surface area contributed by atoms with Crippen molar-refractivity contribution >= 4 is 11.9 Å². The molecule has 0 aliphatic heterocycles. The van der Waals surface area contributed by atoms with Gasteiger partial charge in [-0.1, -0.05) is 0 Å². The van der Waals surface area contributed by atoms with Crippen molar-refractivity contribution in [2.75, 3.05) is 0 Å². The molecule has 98 valence electrons. The molecule has 0 unspecified atom stereocenters. The Hall–Kier alpha value is -1.31. The SMILES string of the molecule is C[C@@H](O)[C@@H](C(=O)O)N(C(=O)C(F)(F)F)C1CC1. The minimum absolute atomic E-state index is 0.229. The average Bonchev–Trinajstić information content (AvgIpc) is 2.92. The average molecular weight is 255 g/mol. The Bertz CT molecular complexity index is 325. The van der Waals surface area contributed by atoms with Crippen molar-refractivity contribution in [3.8, 4) is 0 Å². The fourth-order valence-corrected chi connectivity index (χ4v) is 1.58. The van der Waals surface area contributed by atoms with Gasteiger partial charge in [0.15, 0.2) is 6.04 Å². The zero-order valence-corrected chi connectivity index (χ0v) is 8.94. The molecule has 0 bridgehead atoms. The van der Waals surface area contributed by atoms with Crippen LogP contribution in [0.25, 0.3) is 0 Å². The van der Waals surface area contributed by atoms with Crippen LogP contribution in [0.5, 0.6) is 0 Å². The molecule has 17 heavy (non-hydrogen) atoms. The number of hydrogen-bond donors (Lipinski definition) is 2. The fraction of sp³-hybridized carbons (Fsp3) is 0.778. The van der Waals surface area contributed by atoms with E-state index in [1.165, 1.54) is 0 Å². The van der Waals surface area contributed by atoms with Crippen LogP contribution in [-0.2, 0) is 9.59 Å². The van der Waals surface area contributed by atoms with E-state index in [4.69, 9.17) is 5.11 Å². The number of alkyl halides is 3. The van der Waals surface area contributed by atoms with Gasteiger partial charge in [-0.2, -0.15) is 13.2 Å². The molecule has 0 heterocycles. The van der Waals surface area contributed by atoms with Gasteiger partial charge in [-0.25, -0.2) is 4.79 Å². The second-order valence-corrected chi connectivity index (χ2v) is 3.97. The first-order valence-corrected chi connectivity index (χ1v) is 4.96. The molecular weight excluding hydrogens is 243 g/mol. The van der Waals surface area contributed by atoms with Crippen molar-refractivity contribution in [1.29, 1.82) is 0 Å². The Balaban J connectivity index is 2.99. The van der Waals surface area contributed by atoms with E-state index in [2.05, 4.69) is 0 Å². The van der Waals surface area contributed by atoms with Gasteiger partial charge in [-0.15, -0.1) is 0 Å². The maximum absolute atomic E-state index is 12.3. The number of amides is 1. The lowest BCUT2D eigenvalue weighted by atomic mass is 10.1. The van der Waals surface area contributed by atoms with E-state index in [0.717, 1.165) is 6.92 Å². The summed E-state index contributed by atoms with van der Waals surface area (Å²) in [6, 6.07) is -2.61. The Labute approximate surface area is 94.8 Å². The summed E-state index contributed by atoms with van der Waals surface area (Å²) in [5.74, 6) is -3.86. The number of halogens is 3. The molecule has 0 aromatic carbocycles. The molecule has 0 saturated heterocycles. The molecule has 2 atom stereocenters. The van der Waals surface area contributed by atoms with Crippen LogP contribution in [0.1, 0.15) is 19.8 Å². The lowest BCUT2D eigenvalue weighted by Crippen LogP contribution is -2.55. The lowest BCUT2D eigenvalue weighted by Gasteiger charge is -2.31. The Morgan fingerprint density at radius 1 is 1.35 bits per heavy atom. The Morgan fingerprint density at radius 3 is 2.06 bits per heavy atom. The molecule has 1 saturated carbocycles. The summed E-state index contributed by atoms with van der Waals surface area (Å²) in [7, 11) is 0. The van der Waals surface area contributed by atoms with Crippen molar-refractivity contribution in [2.24, 2.45) is 0 Å². The number of rotatable bonds is 4. The molecule has 8 heteroatoms. The normalized spacial score (nSPS) is 19.6. The van der Waals surface area contributed by atoms with Crippen LogP contribution >= 0.6 is 0 Å². The molecule has 5 nitrogen and oxygen atoms in total. The number of aliphatic hydroxyl groups is 1. The zero-order chi connectivity index (χ0) is 13.4. The van der Waals surface area contributed by atoms with Crippen LogP contribution in [0, 0.1) is 0 Å². The van der Waals surface area contributed by atoms with E-state index in [9.17, 15) is 27.9 Å². The van der Waals surface area contributed by atoms with Crippen LogP contribution in [0.2, 0.25) is 0 Å². The molecule has 0 spiro atoms. The third kappa shape index (κ3) is 3.09. The van der Waals surface area contributed by atoms with E-state index >= 15 is 0 Å². The first-order valence-electron chi connectivity index (χ1n) is 4.96. The Morgan fingerprint density at radius 2 is 1.82 bits per heavy atom. The van der Waals surface area contributed by atoms with Crippen molar-refractivity contribution in [3.05, 3.63) is 0 Å². The molecule has 1 fully saturated rings. The number of carboxylic acids is 1. The second kappa shape index (κ2) is 4.52. The van der Waals surface area contributed by atoms with Crippen molar-refractivity contribution in [3.63, 3.8) is 0 Å². The first kappa shape index (κ1) is 13.8. The summed E-state index contributed by atoms with van der Waals surface area (Å²) in [6.07, 6.45) is -6.07. The van der Waals surface area contributed by atoms with Crippen LogP contribution in [-0.4, -0.2) is 51.4 Å². The van der Waals surface area contributed by atoms with E-state index < -0.39 is 36.2 Å². The van der Waals surface area contributed by atoms with Crippen molar-refractivity contribution in [1.82, 2.24) is 4.90 Å². The highest BCUT2D eigenvalue weighted by Crippen LogP contribution is 2.33. The number of aliphatic hydroxyl groups excluding tert-OH is 1. The Kier molecular flexibility index (Phi) is 3.65. The van der Waals surface area contributed by atoms with Crippen LogP contribution in [0.4, 0.5) is 13.2 Å². The van der Waals surface area contributed by atoms with Gasteiger partial charge in [0.25, 0.3) is 0 Å². The zero-order valence-electron chi connectivity index (χ0n) is 8.94. The monoisotopic (exact) mass is 255 g/mol. The molecule has 0 radical (unpaired) electrons. The molecule has 0 aromatic heterocycles. The standard InChI is InChI=1S/C9H12F3NO4/c1-4(14)6(7(15)16)13(5-2-3-5)8(17)9(10,11)12/h4-6,14H,2-3H2,1H3,(H,15,16)/t4-,6+/m1/s1. The minimum atomic E-state index is -5.13. The van der Waals surface area contributed by atoms with Gasteiger partial charge in [0.2, 0.25) is 0 Å². The highest BCUT2D eigenvalue weighted by Gasteiger charge is 2.52. The summed E-state index contributed by atoms with van der Waals surface area (Å²) in [5, 5.41) is 18.0. The van der Waals surface area contributed by atoms with Gasteiger partial charge in [-0.3, -0.25) is 4.79 Å². The third-order valence-corrected chi connectivity index (χ3v) is 2.43. The van der Waals surface area contributed by atoms with Crippen LogP contribution in [0.3, 0.4) is 0 Å². The van der Waals surface area contributed by atoms with Gasteiger partial charge >= 0.3 is 18.1 Å². The number of aliphatic carboxylic acids is 1. The van der Waals surface area contributed by atoms with Gasteiger partial charge in [-0.05, 0) is 19.8 Å². The summed E-state index contributed by atoms with van der Waals surface area (Å²) < 4.78 is 36.9. The molecular formula is C9H12F3NO4. The molecule has 1 aliphatic rings. The third-order valence-electron chi connectivity index (χ3n) is 2.43. The topological polar surface area (TPSA) is 77.8 Å². The minimum Gasteiger partial charge on any atom is -0.480 e. The highest BCUT2D eigenvalue weighted by atomic mass is 19.4. The smallest absolute Gasteiger partial charge is 0.471 e. The molecule has 1 aliphatic carbocycles. The van der Waals surface area contributed by atoms with E-state index in [-0.39, 0.29) is 4.90 Å². The summed E-state index contributed by atoms with van der Waals surface area (Å²) in [4.78, 5) is 22.2. The maximum Gasteiger partial charge on any atom is 0.471 e. The molecule has 1 rings (SSSR count).